The molecule has 0 spiro atoms. The number of hydrogen-bond donors (Lipinski definition) is 1. The van der Waals surface area contributed by atoms with E-state index in [9.17, 15) is 4.39 Å². The zero-order chi connectivity index (χ0) is 18.4. The van der Waals surface area contributed by atoms with Gasteiger partial charge in [-0.2, -0.15) is 5.10 Å². The first-order chi connectivity index (χ1) is 12.6. The van der Waals surface area contributed by atoms with Gasteiger partial charge in [-0.1, -0.05) is 41.4 Å². The quantitative estimate of drug-likeness (QED) is 0.405. The molecule has 3 aromatic rings. The number of anilines is 1. The number of halogens is 3. The van der Waals surface area contributed by atoms with Crippen LogP contribution in [0.3, 0.4) is 0 Å². The molecule has 0 radical (unpaired) electrons. The Bertz CT molecular complexity index is 914. The van der Waals surface area contributed by atoms with E-state index in [1.165, 1.54) is 12.1 Å². The Kier molecular flexibility index (Phi) is 6.10. The highest BCUT2D eigenvalue weighted by atomic mass is 35.5. The summed E-state index contributed by atoms with van der Waals surface area (Å²) in [6, 6.07) is 18.8. The van der Waals surface area contributed by atoms with Crippen molar-refractivity contribution in [2.24, 2.45) is 5.10 Å². The summed E-state index contributed by atoms with van der Waals surface area (Å²) < 4.78 is 18.6. The van der Waals surface area contributed by atoms with Gasteiger partial charge < -0.3 is 4.74 Å². The van der Waals surface area contributed by atoms with Crippen LogP contribution in [0.15, 0.2) is 71.8 Å². The Morgan fingerprint density at radius 1 is 1.00 bits per heavy atom. The number of rotatable bonds is 6. The minimum absolute atomic E-state index is 0.287. The van der Waals surface area contributed by atoms with Crippen LogP contribution in [0, 0.1) is 5.82 Å². The fourth-order valence-electron chi connectivity index (χ4n) is 2.19. The molecule has 3 rings (SSSR count). The van der Waals surface area contributed by atoms with Gasteiger partial charge in [0, 0.05) is 15.6 Å². The largest absolute Gasteiger partial charge is 0.489 e. The molecule has 3 nitrogen and oxygen atoms in total. The summed E-state index contributed by atoms with van der Waals surface area (Å²) in [5.41, 5.74) is 5.26. The van der Waals surface area contributed by atoms with E-state index >= 15 is 0 Å². The first kappa shape index (κ1) is 18.2. The van der Waals surface area contributed by atoms with E-state index < -0.39 is 0 Å². The lowest BCUT2D eigenvalue weighted by Gasteiger charge is -2.08. The fourth-order valence-corrected chi connectivity index (χ4v) is 2.65. The number of hydrazone groups is 1. The molecule has 0 aliphatic carbocycles. The van der Waals surface area contributed by atoms with Crippen LogP contribution in [0.5, 0.6) is 5.75 Å². The summed E-state index contributed by atoms with van der Waals surface area (Å²) in [5.74, 6) is 0.409. The summed E-state index contributed by atoms with van der Waals surface area (Å²) in [7, 11) is 0. The lowest BCUT2D eigenvalue weighted by molar-refractivity contribution is 0.306. The highest BCUT2D eigenvalue weighted by Crippen LogP contribution is 2.23. The fraction of sp³-hybridized carbons (Fsp3) is 0.0500. The van der Waals surface area contributed by atoms with Gasteiger partial charge in [0.2, 0.25) is 0 Å². The normalized spacial score (nSPS) is 10.9. The van der Waals surface area contributed by atoms with Crippen LogP contribution in [0.1, 0.15) is 11.1 Å². The van der Waals surface area contributed by atoms with Crippen LogP contribution < -0.4 is 10.2 Å². The molecule has 0 aliphatic heterocycles. The summed E-state index contributed by atoms with van der Waals surface area (Å²) >= 11 is 12.0. The van der Waals surface area contributed by atoms with Crippen molar-refractivity contribution in [1.29, 1.82) is 0 Å². The van der Waals surface area contributed by atoms with Gasteiger partial charge in [0.1, 0.15) is 18.2 Å². The SMILES string of the molecule is Fc1ccc(NN=Cc2cccc(OCc3ccc(Cl)cc3Cl)c2)cc1. The van der Waals surface area contributed by atoms with Gasteiger partial charge in [0.05, 0.1) is 11.9 Å². The van der Waals surface area contributed by atoms with Gasteiger partial charge >= 0.3 is 0 Å². The third-order valence-corrected chi connectivity index (χ3v) is 4.11. The van der Waals surface area contributed by atoms with Crippen LogP contribution in [-0.4, -0.2) is 6.21 Å². The van der Waals surface area contributed by atoms with Crippen molar-refractivity contribution in [2.75, 3.05) is 5.43 Å². The molecule has 26 heavy (non-hydrogen) atoms. The molecule has 0 aromatic heterocycles. The Morgan fingerprint density at radius 3 is 2.58 bits per heavy atom. The van der Waals surface area contributed by atoms with E-state index in [-0.39, 0.29) is 5.82 Å². The molecule has 0 fully saturated rings. The molecular formula is C20H15Cl2FN2O. The molecule has 6 heteroatoms. The van der Waals surface area contributed by atoms with Crippen molar-refractivity contribution >= 4 is 35.1 Å². The molecule has 0 amide bonds. The summed E-state index contributed by atoms with van der Waals surface area (Å²) in [6.45, 7) is 0.338. The van der Waals surface area contributed by atoms with E-state index in [1.807, 2.05) is 30.3 Å². The third-order valence-electron chi connectivity index (χ3n) is 3.52. The zero-order valence-corrected chi connectivity index (χ0v) is 15.1. The molecule has 132 valence electrons. The predicted molar refractivity (Wildman–Crippen MR) is 105 cm³/mol. The minimum atomic E-state index is -0.287. The molecule has 0 bridgehead atoms. The van der Waals surface area contributed by atoms with Gasteiger partial charge in [-0.3, -0.25) is 5.43 Å². The van der Waals surface area contributed by atoms with E-state index in [0.29, 0.717) is 28.1 Å². The molecular weight excluding hydrogens is 374 g/mol. The second-order valence-corrected chi connectivity index (χ2v) is 6.32. The van der Waals surface area contributed by atoms with Crippen LogP contribution in [0.4, 0.5) is 10.1 Å². The van der Waals surface area contributed by atoms with Crippen molar-refractivity contribution in [3.63, 3.8) is 0 Å². The van der Waals surface area contributed by atoms with E-state index in [2.05, 4.69) is 10.5 Å². The van der Waals surface area contributed by atoms with E-state index in [1.54, 1.807) is 30.5 Å². The average molecular weight is 389 g/mol. The smallest absolute Gasteiger partial charge is 0.123 e. The number of hydrogen-bond acceptors (Lipinski definition) is 3. The van der Waals surface area contributed by atoms with Gasteiger partial charge in [0.25, 0.3) is 0 Å². The number of nitrogens with one attached hydrogen (secondary N) is 1. The molecule has 0 unspecified atom stereocenters. The predicted octanol–water partition coefficient (Wildman–Crippen LogP) is 6.16. The van der Waals surface area contributed by atoms with E-state index in [4.69, 9.17) is 27.9 Å². The summed E-state index contributed by atoms with van der Waals surface area (Å²) in [6.07, 6.45) is 1.66. The standard InChI is InChI=1S/C20H15Cl2FN2O/c21-16-5-4-15(20(22)11-16)13-26-19-3-1-2-14(10-19)12-24-25-18-8-6-17(23)7-9-18/h1-12,25H,13H2. The van der Waals surface area contributed by atoms with E-state index in [0.717, 1.165) is 11.1 Å². The van der Waals surface area contributed by atoms with Crippen molar-refractivity contribution in [3.05, 3.63) is 93.7 Å². The van der Waals surface area contributed by atoms with Crippen LogP contribution in [0.2, 0.25) is 10.0 Å². The Hall–Kier alpha value is -2.56. The molecule has 0 saturated heterocycles. The second-order valence-electron chi connectivity index (χ2n) is 5.47. The molecule has 0 saturated carbocycles. The minimum Gasteiger partial charge on any atom is -0.489 e. The molecule has 1 N–H and O–H groups in total. The summed E-state index contributed by atoms with van der Waals surface area (Å²) in [5, 5.41) is 5.29. The molecule has 0 aliphatic rings. The van der Waals surface area contributed by atoms with Crippen molar-refractivity contribution in [1.82, 2.24) is 0 Å². The van der Waals surface area contributed by atoms with Gasteiger partial charge in [-0.15, -0.1) is 0 Å². The van der Waals surface area contributed by atoms with Crippen LogP contribution >= 0.6 is 23.2 Å². The van der Waals surface area contributed by atoms with Crippen molar-refractivity contribution in [2.45, 2.75) is 6.61 Å². The number of benzene rings is 3. The lowest BCUT2D eigenvalue weighted by atomic mass is 10.2. The molecule has 0 heterocycles. The lowest BCUT2D eigenvalue weighted by Crippen LogP contribution is -1.97. The number of nitrogens with zero attached hydrogens (tertiary/aromatic N) is 1. The maximum absolute atomic E-state index is 12.9. The highest BCUT2D eigenvalue weighted by molar-refractivity contribution is 6.35. The molecule has 0 atom stereocenters. The summed E-state index contributed by atoms with van der Waals surface area (Å²) in [4.78, 5) is 0. The van der Waals surface area contributed by atoms with Crippen molar-refractivity contribution < 1.29 is 9.13 Å². The third kappa shape index (κ3) is 5.22. The number of ether oxygens (including phenoxy) is 1. The van der Waals surface area contributed by atoms with Gasteiger partial charge in [0.15, 0.2) is 0 Å². The first-order valence-corrected chi connectivity index (χ1v) is 8.57. The maximum atomic E-state index is 12.9. The van der Waals surface area contributed by atoms with Crippen molar-refractivity contribution in [3.8, 4) is 5.75 Å². The Morgan fingerprint density at radius 2 is 1.81 bits per heavy atom. The van der Waals surface area contributed by atoms with Crippen LogP contribution in [-0.2, 0) is 6.61 Å². The zero-order valence-electron chi connectivity index (χ0n) is 13.6. The first-order valence-electron chi connectivity index (χ1n) is 7.81. The average Bonchev–Trinajstić information content (AvgIpc) is 2.63. The second kappa shape index (κ2) is 8.70. The van der Waals surface area contributed by atoms with Gasteiger partial charge in [-0.25, -0.2) is 4.39 Å². The molecule has 3 aromatic carbocycles. The Balaban J connectivity index is 1.60. The van der Waals surface area contributed by atoms with Crippen LogP contribution in [0.25, 0.3) is 0 Å². The van der Waals surface area contributed by atoms with Gasteiger partial charge in [-0.05, 0) is 54.1 Å². The topological polar surface area (TPSA) is 33.6 Å². The highest BCUT2D eigenvalue weighted by Gasteiger charge is 2.03. The monoisotopic (exact) mass is 388 g/mol. The maximum Gasteiger partial charge on any atom is 0.123 e. The Labute approximate surface area is 161 Å².